The highest BCUT2D eigenvalue weighted by Gasteiger charge is 2.33. The number of aliphatic hydroxyl groups is 1. The molecule has 0 fully saturated rings. The van der Waals surface area contributed by atoms with E-state index >= 15 is 0 Å². The summed E-state index contributed by atoms with van der Waals surface area (Å²) in [5.74, 6) is -3.75. The molecule has 39 heavy (non-hydrogen) atoms. The van der Waals surface area contributed by atoms with E-state index in [0.29, 0.717) is 12.0 Å². The molecule has 5 atom stereocenters. The molecule has 12 N–H and O–H groups in total. The van der Waals surface area contributed by atoms with Gasteiger partial charge in [0.05, 0.1) is 12.1 Å². The quantitative estimate of drug-likeness (QED) is 0.0493. The summed E-state index contributed by atoms with van der Waals surface area (Å²) < 4.78 is 0. The number of aliphatic imine (C=N–C) groups is 1. The maximum atomic E-state index is 13.1. The van der Waals surface area contributed by atoms with Crippen molar-refractivity contribution in [3.63, 3.8) is 0 Å². The summed E-state index contributed by atoms with van der Waals surface area (Å²) in [6, 6.07) is 2.30. The standard InChI is InChI=1S/C24H36N8O6S/c1-12(33)19(32-21(35)17(7-4-8-28-24(26)27)30-20(34)15(25)11-39)22(36)31-18(23(37)38)9-13-10-29-16-6-3-2-5-14(13)16/h2-3,5-6,10,12,15,17-19,29,33,39H,4,7-9,11,25H2,1H3,(H,30,34)(H,31,36)(H,32,35)(H,37,38)(H4,26,27,28). The van der Waals surface area contributed by atoms with Crippen LogP contribution in [0.2, 0.25) is 0 Å². The number of aliphatic hydroxyl groups excluding tert-OH is 1. The van der Waals surface area contributed by atoms with Crippen molar-refractivity contribution >= 4 is 53.2 Å². The van der Waals surface area contributed by atoms with Gasteiger partial charge in [-0.05, 0) is 31.4 Å². The van der Waals surface area contributed by atoms with E-state index in [1.165, 1.54) is 6.92 Å². The summed E-state index contributed by atoms with van der Waals surface area (Å²) in [6.07, 6.45) is 0.598. The lowest BCUT2D eigenvalue weighted by molar-refractivity contribution is -0.143. The van der Waals surface area contributed by atoms with Gasteiger partial charge in [0.2, 0.25) is 17.7 Å². The molecule has 2 rings (SSSR count). The summed E-state index contributed by atoms with van der Waals surface area (Å²) in [5.41, 5.74) is 17.8. The van der Waals surface area contributed by atoms with Crippen molar-refractivity contribution in [3.05, 3.63) is 36.0 Å². The average Bonchev–Trinajstić information content (AvgIpc) is 3.30. The first-order chi connectivity index (χ1) is 18.4. The number of nitrogens with zero attached hydrogens (tertiary/aromatic N) is 1. The van der Waals surface area contributed by atoms with Gasteiger partial charge in [0, 0.05) is 35.8 Å². The zero-order valence-electron chi connectivity index (χ0n) is 21.5. The first kappa shape index (κ1) is 31.4. The van der Waals surface area contributed by atoms with Crippen LogP contribution in [0.5, 0.6) is 0 Å². The molecule has 0 aliphatic heterocycles. The van der Waals surface area contributed by atoms with Crippen LogP contribution in [0.3, 0.4) is 0 Å². The normalized spacial score (nSPS) is 14.9. The van der Waals surface area contributed by atoms with Crippen LogP contribution in [0.15, 0.2) is 35.5 Å². The molecule has 1 heterocycles. The monoisotopic (exact) mass is 564 g/mol. The van der Waals surface area contributed by atoms with Gasteiger partial charge in [-0.15, -0.1) is 0 Å². The van der Waals surface area contributed by atoms with Gasteiger partial charge in [-0.2, -0.15) is 12.6 Å². The molecule has 0 spiro atoms. The molecule has 0 aliphatic rings. The zero-order chi connectivity index (χ0) is 29.1. The third-order valence-electron chi connectivity index (χ3n) is 5.89. The second kappa shape index (κ2) is 14.9. The van der Waals surface area contributed by atoms with Gasteiger partial charge in [0.1, 0.15) is 18.1 Å². The molecule has 2 aromatic rings. The number of guanidine groups is 1. The van der Waals surface area contributed by atoms with Gasteiger partial charge in [0.15, 0.2) is 5.96 Å². The Labute approximate surface area is 230 Å². The third-order valence-corrected chi connectivity index (χ3v) is 6.28. The number of aromatic amines is 1. The average molecular weight is 565 g/mol. The summed E-state index contributed by atoms with van der Waals surface area (Å²) in [5, 5.41) is 28.1. The van der Waals surface area contributed by atoms with Gasteiger partial charge in [-0.25, -0.2) is 4.79 Å². The number of hydrogen-bond acceptors (Lipinski definition) is 8. The van der Waals surface area contributed by atoms with E-state index in [2.05, 4.69) is 38.6 Å². The lowest BCUT2D eigenvalue weighted by atomic mass is 10.0. The summed E-state index contributed by atoms with van der Waals surface area (Å²) >= 11 is 3.98. The number of thiol groups is 1. The lowest BCUT2D eigenvalue weighted by Gasteiger charge is -2.26. The first-order valence-corrected chi connectivity index (χ1v) is 12.9. The summed E-state index contributed by atoms with van der Waals surface area (Å²) in [6.45, 7) is 1.44. The molecule has 14 nitrogen and oxygen atoms in total. The molecule has 15 heteroatoms. The molecule has 214 valence electrons. The van der Waals surface area contributed by atoms with Crippen molar-refractivity contribution in [2.75, 3.05) is 12.3 Å². The number of nitrogens with one attached hydrogen (secondary N) is 4. The van der Waals surface area contributed by atoms with E-state index in [1.54, 1.807) is 6.20 Å². The highest BCUT2D eigenvalue weighted by molar-refractivity contribution is 7.80. The summed E-state index contributed by atoms with van der Waals surface area (Å²) in [7, 11) is 0. The Morgan fingerprint density at radius 3 is 2.33 bits per heavy atom. The van der Waals surface area contributed by atoms with Gasteiger partial charge in [-0.1, -0.05) is 18.2 Å². The fraction of sp³-hybridized carbons (Fsp3) is 0.458. The SMILES string of the molecule is CC(O)C(NC(=O)C(CCCN=C(N)N)NC(=O)C(N)CS)C(=O)NC(Cc1c[nH]c2ccccc12)C(=O)O. The van der Waals surface area contributed by atoms with Crippen LogP contribution in [0, 0.1) is 0 Å². The molecular formula is C24H36N8O6S. The zero-order valence-corrected chi connectivity index (χ0v) is 22.4. The van der Waals surface area contributed by atoms with Crippen LogP contribution in [0.1, 0.15) is 25.3 Å². The Kier molecular flexibility index (Phi) is 12.0. The van der Waals surface area contributed by atoms with E-state index in [0.717, 1.165) is 10.9 Å². The number of nitrogens with two attached hydrogens (primary N) is 3. The van der Waals surface area contributed by atoms with Crippen molar-refractivity contribution in [3.8, 4) is 0 Å². The minimum atomic E-state index is -1.52. The number of rotatable bonds is 15. The second-order valence-electron chi connectivity index (χ2n) is 8.99. The Hall–Kier alpha value is -3.82. The Morgan fingerprint density at radius 2 is 1.72 bits per heavy atom. The van der Waals surface area contributed by atoms with Gasteiger partial charge in [-0.3, -0.25) is 19.4 Å². The Bertz CT molecular complexity index is 1180. The predicted octanol–water partition coefficient (Wildman–Crippen LogP) is -2.06. The molecule has 0 saturated heterocycles. The largest absolute Gasteiger partial charge is 0.480 e. The molecule has 0 bridgehead atoms. The number of benzene rings is 1. The summed E-state index contributed by atoms with van der Waals surface area (Å²) in [4.78, 5) is 57.3. The molecule has 0 saturated carbocycles. The number of hydrogen-bond donors (Lipinski definition) is 10. The van der Waals surface area contributed by atoms with Crippen LogP contribution in [-0.2, 0) is 25.6 Å². The van der Waals surface area contributed by atoms with Crippen LogP contribution in [-0.4, -0.2) is 87.4 Å². The van der Waals surface area contributed by atoms with Crippen LogP contribution < -0.4 is 33.2 Å². The molecule has 3 amide bonds. The number of aliphatic carboxylic acids is 1. The molecule has 1 aromatic carbocycles. The maximum Gasteiger partial charge on any atom is 0.326 e. The van der Waals surface area contributed by atoms with Crippen molar-refractivity contribution in [1.82, 2.24) is 20.9 Å². The molecule has 0 radical (unpaired) electrons. The van der Waals surface area contributed by atoms with Crippen molar-refractivity contribution in [2.24, 2.45) is 22.2 Å². The smallest absolute Gasteiger partial charge is 0.326 e. The topological polar surface area (TPSA) is 251 Å². The van der Waals surface area contributed by atoms with Crippen molar-refractivity contribution < 1.29 is 29.4 Å². The number of carboxylic acid groups (broad SMARTS) is 1. The van der Waals surface area contributed by atoms with E-state index < -0.39 is 54.0 Å². The maximum absolute atomic E-state index is 13.1. The number of carboxylic acids is 1. The minimum absolute atomic E-state index is 0.0277. The molecule has 5 unspecified atom stereocenters. The lowest BCUT2D eigenvalue weighted by Crippen LogP contribution is -2.60. The first-order valence-electron chi connectivity index (χ1n) is 12.2. The van der Waals surface area contributed by atoms with Crippen LogP contribution in [0.4, 0.5) is 0 Å². The number of amides is 3. The highest BCUT2D eigenvalue weighted by atomic mass is 32.1. The van der Waals surface area contributed by atoms with Gasteiger partial charge >= 0.3 is 5.97 Å². The van der Waals surface area contributed by atoms with E-state index in [9.17, 15) is 29.4 Å². The second-order valence-corrected chi connectivity index (χ2v) is 9.35. The number of aromatic nitrogens is 1. The van der Waals surface area contributed by atoms with Crippen LogP contribution in [0.25, 0.3) is 10.9 Å². The Balaban J connectivity index is 2.15. The molecule has 1 aromatic heterocycles. The number of fused-ring (bicyclic) bond motifs is 1. The predicted molar refractivity (Wildman–Crippen MR) is 149 cm³/mol. The molecule has 0 aliphatic carbocycles. The number of carbonyl (C=O) groups is 4. The number of para-hydroxylation sites is 1. The van der Waals surface area contributed by atoms with E-state index in [4.69, 9.17) is 17.2 Å². The number of H-pyrrole nitrogens is 1. The van der Waals surface area contributed by atoms with Crippen LogP contribution >= 0.6 is 12.6 Å². The fourth-order valence-electron chi connectivity index (χ4n) is 3.78. The molecular weight excluding hydrogens is 528 g/mol. The van der Waals surface area contributed by atoms with Crippen molar-refractivity contribution in [2.45, 2.75) is 56.5 Å². The van der Waals surface area contributed by atoms with Gasteiger partial charge in [0.25, 0.3) is 0 Å². The third kappa shape index (κ3) is 9.46. The van der Waals surface area contributed by atoms with Crippen molar-refractivity contribution in [1.29, 1.82) is 0 Å². The minimum Gasteiger partial charge on any atom is -0.480 e. The Morgan fingerprint density at radius 1 is 1.05 bits per heavy atom. The van der Waals surface area contributed by atoms with E-state index in [-0.39, 0.29) is 31.1 Å². The number of carbonyl (C=O) groups excluding carboxylic acids is 3. The van der Waals surface area contributed by atoms with E-state index in [1.807, 2.05) is 24.3 Å². The highest BCUT2D eigenvalue weighted by Crippen LogP contribution is 2.19. The fourth-order valence-corrected chi connectivity index (χ4v) is 3.94. The van der Waals surface area contributed by atoms with Gasteiger partial charge < -0.3 is 48.3 Å².